The number of amides is 2. The number of rotatable bonds is 6. The lowest BCUT2D eigenvalue weighted by Gasteiger charge is -2.15. The van der Waals surface area contributed by atoms with Crippen molar-refractivity contribution in [3.8, 4) is 5.75 Å². The molecule has 28 heavy (non-hydrogen) atoms. The molecule has 0 bridgehead atoms. The number of methoxy groups -OCH3 is 1. The number of imide groups is 1. The van der Waals surface area contributed by atoms with E-state index in [9.17, 15) is 14.4 Å². The SMILES string of the molecule is CCOC(=O)c1cnc(S[C@H]2CC(=O)N(c3cccc(OC)c3)C2=O)nc1N. The van der Waals surface area contributed by atoms with Gasteiger partial charge in [0.15, 0.2) is 5.16 Å². The molecule has 1 saturated heterocycles. The van der Waals surface area contributed by atoms with E-state index in [0.29, 0.717) is 11.4 Å². The summed E-state index contributed by atoms with van der Waals surface area (Å²) in [5, 5.41) is -0.490. The number of benzene rings is 1. The number of thioether (sulfide) groups is 1. The van der Waals surface area contributed by atoms with E-state index in [1.165, 1.54) is 13.3 Å². The van der Waals surface area contributed by atoms with Crippen LogP contribution < -0.4 is 15.4 Å². The van der Waals surface area contributed by atoms with Gasteiger partial charge in [-0.1, -0.05) is 17.8 Å². The van der Waals surface area contributed by atoms with Crippen LogP contribution in [0.1, 0.15) is 23.7 Å². The number of aromatic nitrogens is 2. The number of carbonyl (C=O) groups excluding carboxylic acids is 3. The number of nitrogens with zero attached hydrogens (tertiary/aromatic N) is 3. The molecule has 1 aliphatic rings. The van der Waals surface area contributed by atoms with Crippen molar-refractivity contribution in [3.05, 3.63) is 36.0 Å². The first-order valence-electron chi connectivity index (χ1n) is 8.41. The Labute approximate surface area is 165 Å². The molecule has 10 heteroatoms. The second kappa shape index (κ2) is 8.26. The Kier molecular flexibility index (Phi) is 5.78. The lowest BCUT2D eigenvalue weighted by Crippen LogP contribution is -2.31. The lowest BCUT2D eigenvalue weighted by molar-refractivity contribution is -0.121. The quantitative estimate of drug-likeness (QED) is 0.436. The Morgan fingerprint density at radius 3 is 2.86 bits per heavy atom. The highest BCUT2D eigenvalue weighted by molar-refractivity contribution is 8.00. The first-order chi connectivity index (χ1) is 13.4. The van der Waals surface area contributed by atoms with Crippen LogP contribution >= 0.6 is 11.8 Å². The third-order valence-corrected chi connectivity index (χ3v) is 5.02. The smallest absolute Gasteiger partial charge is 0.343 e. The zero-order valence-electron chi connectivity index (χ0n) is 15.2. The van der Waals surface area contributed by atoms with Crippen molar-refractivity contribution in [2.45, 2.75) is 23.8 Å². The predicted octanol–water partition coefficient (Wildman–Crippen LogP) is 1.67. The summed E-state index contributed by atoms with van der Waals surface area (Å²) in [7, 11) is 1.51. The van der Waals surface area contributed by atoms with Crippen LogP contribution in [0.25, 0.3) is 0 Å². The van der Waals surface area contributed by atoms with Gasteiger partial charge in [-0.05, 0) is 19.1 Å². The van der Waals surface area contributed by atoms with Crippen LogP contribution in [-0.4, -0.2) is 46.7 Å². The molecule has 3 rings (SSSR count). The maximum absolute atomic E-state index is 12.7. The van der Waals surface area contributed by atoms with Crippen molar-refractivity contribution in [2.24, 2.45) is 0 Å². The molecule has 146 valence electrons. The van der Waals surface area contributed by atoms with Crippen molar-refractivity contribution in [3.63, 3.8) is 0 Å². The minimum Gasteiger partial charge on any atom is -0.497 e. The maximum Gasteiger partial charge on any atom is 0.343 e. The third-order valence-electron chi connectivity index (χ3n) is 3.96. The summed E-state index contributed by atoms with van der Waals surface area (Å²) in [5.74, 6) is -0.822. The fourth-order valence-corrected chi connectivity index (χ4v) is 3.60. The second-order valence-electron chi connectivity index (χ2n) is 5.75. The number of ether oxygens (including phenoxy) is 2. The van der Waals surface area contributed by atoms with E-state index in [2.05, 4.69) is 9.97 Å². The van der Waals surface area contributed by atoms with Crippen molar-refractivity contribution >= 4 is 41.1 Å². The molecule has 1 atom stereocenters. The molecule has 2 amide bonds. The highest BCUT2D eigenvalue weighted by Gasteiger charge is 2.40. The molecular weight excluding hydrogens is 384 g/mol. The van der Waals surface area contributed by atoms with Crippen LogP contribution in [-0.2, 0) is 14.3 Å². The number of nitrogen functional groups attached to an aromatic ring is 1. The number of carbonyl (C=O) groups is 3. The minimum atomic E-state index is -0.688. The number of hydrogen-bond donors (Lipinski definition) is 1. The second-order valence-corrected chi connectivity index (χ2v) is 6.92. The van der Waals surface area contributed by atoms with Gasteiger partial charge in [0.25, 0.3) is 0 Å². The van der Waals surface area contributed by atoms with E-state index in [0.717, 1.165) is 16.7 Å². The maximum atomic E-state index is 12.7. The Morgan fingerprint density at radius 2 is 2.18 bits per heavy atom. The summed E-state index contributed by atoms with van der Waals surface area (Å²) in [6.45, 7) is 1.88. The van der Waals surface area contributed by atoms with Crippen molar-refractivity contribution in [1.82, 2.24) is 9.97 Å². The van der Waals surface area contributed by atoms with Gasteiger partial charge >= 0.3 is 5.97 Å². The van der Waals surface area contributed by atoms with Gasteiger partial charge in [-0.3, -0.25) is 9.59 Å². The first kappa shape index (κ1) is 19.6. The number of nitrogens with two attached hydrogens (primary N) is 1. The molecular formula is C18H18N4O5S. The van der Waals surface area contributed by atoms with E-state index in [-0.39, 0.29) is 41.4 Å². The van der Waals surface area contributed by atoms with Crippen LogP contribution in [0, 0.1) is 0 Å². The Bertz CT molecular complexity index is 936. The summed E-state index contributed by atoms with van der Waals surface area (Å²) in [5.41, 5.74) is 6.29. The fourth-order valence-electron chi connectivity index (χ4n) is 2.65. The molecule has 2 aromatic rings. The summed E-state index contributed by atoms with van der Waals surface area (Å²) in [6, 6.07) is 6.70. The molecule has 2 N–H and O–H groups in total. The summed E-state index contributed by atoms with van der Waals surface area (Å²) in [6.07, 6.45) is 1.26. The van der Waals surface area contributed by atoms with Crippen molar-refractivity contribution in [1.29, 1.82) is 0 Å². The topological polar surface area (TPSA) is 125 Å². The average molecular weight is 402 g/mol. The van der Waals surface area contributed by atoms with E-state index in [1.807, 2.05) is 0 Å². The van der Waals surface area contributed by atoms with Gasteiger partial charge in [0, 0.05) is 18.7 Å². The van der Waals surface area contributed by atoms with Gasteiger partial charge in [0.1, 0.15) is 22.4 Å². The highest BCUT2D eigenvalue weighted by Crippen LogP contribution is 2.34. The molecule has 1 fully saturated rings. The van der Waals surface area contributed by atoms with Crippen LogP contribution in [0.15, 0.2) is 35.6 Å². The Hall–Kier alpha value is -3.14. The van der Waals surface area contributed by atoms with E-state index in [1.54, 1.807) is 31.2 Å². The standard InChI is InChI=1S/C18H18N4O5S/c1-3-27-17(25)12-9-20-18(21-15(12)19)28-13-8-14(23)22(16(13)24)10-5-4-6-11(7-10)26-2/h4-7,9,13H,3,8H2,1-2H3,(H2,19,20,21)/t13-/m0/s1. The number of esters is 1. The molecule has 0 aliphatic carbocycles. The van der Waals surface area contributed by atoms with Crippen LogP contribution in [0.2, 0.25) is 0 Å². The Balaban J connectivity index is 1.77. The van der Waals surface area contributed by atoms with Crippen LogP contribution in [0.4, 0.5) is 11.5 Å². The monoisotopic (exact) mass is 402 g/mol. The minimum absolute atomic E-state index is 0.00357. The number of hydrogen-bond acceptors (Lipinski definition) is 9. The molecule has 1 aliphatic heterocycles. The first-order valence-corrected chi connectivity index (χ1v) is 9.29. The van der Waals surface area contributed by atoms with Gasteiger partial charge in [-0.25, -0.2) is 19.7 Å². The molecule has 0 unspecified atom stereocenters. The van der Waals surface area contributed by atoms with Crippen LogP contribution in [0.3, 0.4) is 0 Å². The summed E-state index contributed by atoms with van der Waals surface area (Å²) >= 11 is 1.02. The molecule has 1 aromatic carbocycles. The largest absolute Gasteiger partial charge is 0.497 e. The van der Waals surface area contributed by atoms with E-state index >= 15 is 0 Å². The van der Waals surface area contributed by atoms with Crippen molar-refractivity contribution < 1.29 is 23.9 Å². The van der Waals surface area contributed by atoms with Gasteiger partial charge in [0.05, 0.1) is 19.4 Å². The summed E-state index contributed by atoms with van der Waals surface area (Å²) in [4.78, 5) is 46.1. The van der Waals surface area contributed by atoms with Gasteiger partial charge in [-0.2, -0.15) is 0 Å². The van der Waals surface area contributed by atoms with Gasteiger partial charge in [0.2, 0.25) is 11.8 Å². The highest BCUT2D eigenvalue weighted by atomic mass is 32.2. The normalized spacial score (nSPS) is 16.4. The summed E-state index contributed by atoms with van der Waals surface area (Å²) < 4.78 is 10.0. The molecule has 9 nitrogen and oxygen atoms in total. The average Bonchev–Trinajstić information content (AvgIpc) is 2.95. The van der Waals surface area contributed by atoms with E-state index < -0.39 is 11.2 Å². The van der Waals surface area contributed by atoms with Crippen LogP contribution in [0.5, 0.6) is 5.75 Å². The zero-order chi connectivity index (χ0) is 20.3. The van der Waals surface area contributed by atoms with Gasteiger partial charge < -0.3 is 15.2 Å². The molecule has 2 heterocycles. The number of anilines is 2. The molecule has 0 saturated carbocycles. The third kappa shape index (κ3) is 3.91. The lowest BCUT2D eigenvalue weighted by atomic mass is 10.3. The van der Waals surface area contributed by atoms with Gasteiger partial charge in [-0.15, -0.1) is 0 Å². The predicted molar refractivity (Wildman–Crippen MR) is 102 cm³/mol. The molecule has 0 spiro atoms. The molecule has 1 aromatic heterocycles. The molecule has 0 radical (unpaired) electrons. The Morgan fingerprint density at radius 1 is 1.39 bits per heavy atom. The van der Waals surface area contributed by atoms with Crippen molar-refractivity contribution in [2.75, 3.05) is 24.4 Å². The zero-order valence-corrected chi connectivity index (χ0v) is 16.1. The fraction of sp³-hybridized carbons (Fsp3) is 0.278. The van der Waals surface area contributed by atoms with E-state index in [4.69, 9.17) is 15.2 Å².